The Hall–Kier alpha value is -2.77. The maximum atomic E-state index is 12.3. The molecular weight excluding hydrogens is 272 g/mol. The molecule has 2 N–H and O–H groups in total. The van der Waals surface area contributed by atoms with Crippen molar-refractivity contribution in [2.45, 2.75) is 19.5 Å². The maximum Gasteiger partial charge on any atom is 0.267 e. The van der Waals surface area contributed by atoms with E-state index >= 15 is 0 Å². The minimum atomic E-state index is -0.296. The second-order valence-electron chi connectivity index (χ2n) is 4.78. The number of fused-ring (bicyclic) bond motifs is 1. The molecule has 2 aromatic rings. The summed E-state index contributed by atoms with van der Waals surface area (Å²) >= 11 is 0. The summed E-state index contributed by atoms with van der Waals surface area (Å²) < 4.78 is 1.15. The molecule has 3 rings (SSSR count). The quantitative estimate of drug-likeness (QED) is 0.774. The molecule has 0 radical (unpaired) electrons. The number of rotatable bonds is 2. The fourth-order valence-electron chi connectivity index (χ4n) is 2.27. The monoisotopic (exact) mass is 286 g/mol. The summed E-state index contributed by atoms with van der Waals surface area (Å²) in [7, 11) is 0. The Morgan fingerprint density at radius 3 is 3.10 bits per heavy atom. The Balaban J connectivity index is 1.75. The van der Waals surface area contributed by atoms with E-state index in [9.17, 15) is 9.59 Å². The van der Waals surface area contributed by atoms with Gasteiger partial charge >= 0.3 is 0 Å². The first kappa shape index (κ1) is 13.2. The normalized spacial score (nSPS) is 13.8. The summed E-state index contributed by atoms with van der Waals surface area (Å²) in [5, 5.41) is 3.88. The lowest BCUT2D eigenvalue weighted by Gasteiger charge is -2.27. The molecule has 1 amide bonds. The van der Waals surface area contributed by atoms with Gasteiger partial charge in [0.1, 0.15) is 6.54 Å². The minimum Gasteiger partial charge on any atom is -0.368 e. The Morgan fingerprint density at radius 1 is 1.43 bits per heavy atom. The van der Waals surface area contributed by atoms with Crippen LogP contribution in [0.25, 0.3) is 0 Å². The van der Waals surface area contributed by atoms with Gasteiger partial charge < -0.3 is 10.6 Å². The topological polar surface area (TPSA) is 107 Å². The van der Waals surface area contributed by atoms with Crippen molar-refractivity contribution in [3.8, 4) is 0 Å². The summed E-state index contributed by atoms with van der Waals surface area (Å²) in [6, 6.07) is 2.92. The average Bonchev–Trinajstić information content (AvgIpc) is 2.48. The summed E-state index contributed by atoms with van der Waals surface area (Å²) in [6.07, 6.45) is 3.86. The fraction of sp³-hybridized carbons (Fsp3) is 0.308. The standard InChI is InChI=1S/C13H14N6O2/c14-13-15-6-9-3-5-18(7-10(9)17-13)12(21)8-19-11(20)2-1-4-16-19/h1-2,4,6H,3,5,7-8H2,(H2,14,15,17). The molecule has 8 heteroatoms. The van der Waals surface area contributed by atoms with Crippen LogP contribution in [-0.4, -0.2) is 37.1 Å². The number of amides is 1. The molecule has 8 nitrogen and oxygen atoms in total. The molecule has 0 bridgehead atoms. The minimum absolute atomic E-state index is 0.0738. The van der Waals surface area contributed by atoms with Crippen molar-refractivity contribution in [1.82, 2.24) is 24.6 Å². The van der Waals surface area contributed by atoms with E-state index in [-0.39, 0.29) is 24.0 Å². The third-order valence-corrected chi connectivity index (χ3v) is 3.39. The maximum absolute atomic E-state index is 12.3. The first-order chi connectivity index (χ1) is 10.1. The van der Waals surface area contributed by atoms with Crippen molar-refractivity contribution in [2.24, 2.45) is 0 Å². The highest BCUT2D eigenvalue weighted by atomic mass is 16.2. The van der Waals surface area contributed by atoms with Crippen LogP contribution in [0.5, 0.6) is 0 Å². The molecule has 0 aliphatic carbocycles. The van der Waals surface area contributed by atoms with E-state index in [1.807, 2.05) is 0 Å². The van der Waals surface area contributed by atoms with Crippen molar-refractivity contribution >= 4 is 11.9 Å². The van der Waals surface area contributed by atoms with E-state index < -0.39 is 0 Å². The zero-order valence-electron chi connectivity index (χ0n) is 11.3. The molecule has 0 atom stereocenters. The van der Waals surface area contributed by atoms with Gasteiger partial charge in [-0.25, -0.2) is 14.6 Å². The fourth-order valence-corrected chi connectivity index (χ4v) is 2.27. The van der Waals surface area contributed by atoms with Crippen molar-refractivity contribution in [1.29, 1.82) is 0 Å². The van der Waals surface area contributed by atoms with Gasteiger partial charge in [-0.05, 0) is 18.1 Å². The van der Waals surface area contributed by atoms with Crippen LogP contribution in [-0.2, 0) is 24.3 Å². The van der Waals surface area contributed by atoms with Gasteiger partial charge in [0, 0.05) is 25.0 Å². The Labute approximate surface area is 120 Å². The average molecular weight is 286 g/mol. The second kappa shape index (κ2) is 5.31. The van der Waals surface area contributed by atoms with Crippen LogP contribution in [0.1, 0.15) is 11.3 Å². The number of nitrogens with zero attached hydrogens (tertiary/aromatic N) is 5. The summed E-state index contributed by atoms with van der Waals surface area (Å²) in [5.74, 6) is 0.0302. The molecule has 3 heterocycles. The van der Waals surface area contributed by atoms with Gasteiger partial charge in [-0.15, -0.1) is 0 Å². The van der Waals surface area contributed by atoms with Gasteiger partial charge in [0.25, 0.3) is 5.56 Å². The molecule has 1 aliphatic heterocycles. The number of hydrogen-bond donors (Lipinski definition) is 1. The van der Waals surface area contributed by atoms with Crippen LogP contribution >= 0.6 is 0 Å². The highest BCUT2D eigenvalue weighted by Crippen LogP contribution is 2.17. The highest BCUT2D eigenvalue weighted by molar-refractivity contribution is 5.76. The van der Waals surface area contributed by atoms with Crippen LogP contribution in [0.4, 0.5) is 5.95 Å². The zero-order valence-corrected chi connectivity index (χ0v) is 11.3. The molecule has 0 saturated carbocycles. The molecule has 1 aliphatic rings. The first-order valence-corrected chi connectivity index (χ1v) is 6.53. The van der Waals surface area contributed by atoms with E-state index in [4.69, 9.17) is 5.73 Å². The smallest absolute Gasteiger partial charge is 0.267 e. The van der Waals surface area contributed by atoms with Gasteiger partial charge in [-0.1, -0.05) is 0 Å². The van der Waals surface area contributed by atoms with E-state index in [1.165, 1.54) is 12.3 Å². The van der Waals surface area contributed by atoms with Crippen LogP contribution < -0.4 is 11.3 Å². The largest absolute Gasteiger partial charge is 0.368 e. The van der Waals surface area contributed by atoms with Crippen molar-refractivity contribution < 1.29 is 4.79 Å². The molecule has 21 heavy (non-hydrogen) atoms. The number of nitrogens with two attached hydrogens (primary N) is 1. The molecular formula is C13H14N6O2. The number of hydrogen-bond acceptors (Lipinski definition) is 6. The molecule has 108 valence electrons. The second-order valence-corrected chi connectivity index (χ2v) is 4.78. The summed E-state index contributed by atoms with van der Waals surface area (Å²) in [6.45, 7) is 0.874. The van der Waals surface area contributed by atoms with Gasteiger partial charge in [0.15, 0.2) is 0 Å². The van der Waals surface area contributed by atoms with E-state index in [0.29, 0.717) is 19.5 Å². The van der Waals surface area contributed by atoms with Gasteiger partial charge in [-0.3, -0.25) is 9.59 Å². The molecule has 2 aromatic heterocycles. The molecule has 0 unspecified atom stereocenters. The number of anilines is 1. The summed E-state index contributed by atoms with van der Waals surface area (Å²) in [4.78, 5) is 33.6. The first-order valence-electron chi connectivity index (χ1n) is 6.53. The summed E-state index contributed by atoms with van der Waals surface area (Å²) in [5.41, 5.74) is 7.03. The van der Waals surface area contributed by atoms with Crippen molar-refractivity contribution in [2.75, 3.05) is 12.3 Å². The van der Waals surface area contributed by atoms with Gasteiger partial charge in [0.2, 0.25) is 11.9 Å². The van der Waals surface area contributed by atoms with Gasteiger partial charge in [-0.2, -0.15) is 5.10 Å². The lowest BCUT2D eigenvalue weighted by molar-refractivity contribution is -0.133. The Kier molecular flexibility index (Phi) is 3.35. The number of carbonyl (C=O) groups is 1. The molecule has 0 fully saturated rings. The third-order valence-electron chi connectivity index (χ3n) is 3.39. The van der Waals surface area contributed by atoms with E-state index in [1.54, 1.807) is 17.2 Å². The Bertz CT molecular complexity index is 741. The van der Waals surface area contributed by atoms with E-state index in [2.05, 4.69) is 15.1 Å². The highest BCUT2D eigenvalue weighted by Gasteiger charge is 2.22. The zero-order chi connectivity index (χ0) is 14.8. The SMILES string of the molecule is Nc1ncc2c(n1)CN(C(=O)Cn1ncccc1=O)CC2. The van der Waals surface area contributed by atoms with Crippen LogP contribution in [0, 0.1) is 0 Å². The predicted molar refractivity (Wildman–Crippen MR) is 74.1 cm³/mol. The van der Waals surface area contributed by atoms with Crippen LogP contribution in [0.15, 0.2) is 29.3 Å². The van der Waals surface area contributed by atoms with Crippen molar-refractivity contribution in [3.63, 3.8) is 0 Å². The van der Waals surface area contributed by atoms with Crippen LogP contribution in [0.3, 0.4) is 0 Å². The molecule has 0 aromatic carbocycles. The van der Waals surface area contributed by atoms with Crippen molar-refractivity contribution in [3.05, 3.63) is 46.1 Å². The molecule has 0 spiro atoms. The number of aromatic nitrogens is 4. The predicted octanol–water partition coefficient (Wildman–Crippen LogP) is -0.800. The lowest BCUT2D eigenvalue weighted by Crippen LogP contribution is -2.40. The number of carbonyl (C=O) groups excluding carboxylic acids is 1. The van der Waals surface area contributed by atoms with Crippen LogP contribution in [0.2, 0.25) is 0 Å². The Morgan fingerprint density at radius 2 is 2.29 bits per heavy atom. The van der Waals surface area contributed by atoms with E-state index in [0.717, 1.165) is 15.9 Å². The lowest BCUT2D eigenvalue weighted by atomic mass is 10.1. The van der Waals surface area contributed by atoms with Gasteiger partial charge in [0.05, 0.1) is 12.2 Å². The molecule has 0 saturated heterocycles. The third kappa shape index (κ3) is 2.73. The number of nitrogen functional groups attached to an aromatic ring is 1.